The molecule has 5 heterocycles. The molecule has 3 aromatic heterocycles. The van der Waals surface area contributed by atoms with Gasteiger partial charge in [-0.25, -0.2) is 9.97 Å². The van der Waals surface area contributed by atoms with Crippen LogP contribution in [0.3, 0.4) is 0 Å². The summed E-state index contributed by atoms with van der Waals surface area (Å²) < 4.78 is 1.18. The van der Waals surface area contributed by atoms with Gasteiger partial charge in [0, 0.05) is 53.3 Å². The summed E-state index contributed by atoms with van der Waals surface area (Å²) >= 11 is 2.37. The zero-order valence-electron chi connectivity index (χ0n) is 34.6. The number of aromatic amines is 2. The van der Waals surface area contributed by atoms with Gasteiger partial charge in [-0.1, -0.05) is 114 Å². The number of hydrogen-bond donors (Lipinski definition) is 2. The zero-order chi connectivity index (χ0) is 42.1. The first-order valence-corrected chi connectivity index (χ1v) is 21.9. The topological polar surface area (TPSA) is 57.4 Å². The summed E-state index contributed by atoms with van der Waals surface area (Å²) in [5, 5.41) is 0. The van der Waals surface area contributed by atoms with Crippen molar-refractivity contribution >= 4 is 69.0 Å². The molecule has 8 bridgehead atoms. The lowest BCUT2D eigenvalue weighted by Gasteiger charge is -2.32. The molecule has 0 radical (unpaired) electrons. The zero-order valence-corrected chi connectivity index (χ0v) is 36.8. The van der Waals surface area contributed by atoms with Crippen LogP contribution in [0.4, 0.5) is 0 Å². The van der Waals surface area contributed by atoms with Gasteiger partial charge in [0.2, 0.25) is 0 Å². The van der Waals surface area contributed by atoms with E-state index in [1.807, 2.05) is 18.2 Å². The second-order valence-corrected chi connectivity index (χ2v) is 17.3. The van der Waals surface area contributed by atoms with E-state index in [1.165, 1.54) is 20.3 Å². The first-order chi connectivity index (χ1) is 29.8. The van der Waals surface area contributed by atoms with E-state index in [9.17, 15) is 0 Å². The molecule has 298 valence electrons. The van der Waals surface area contributed by atoms with Gasteiger partial charge in [-0.15, -0.1) is 19.7 Å². The van der Waals surface area contributed by atoms with Crippen LogP contribution < -0.4 is 0 Å². The molecule has 7 aromatic rings. The lowest BCUT2D eigenvalue weighted by molar-refractivity contribution is 0.442. The standard InChI is InChI=1S/C56H47IN4/c1-6-33-56(34-7-2,35-8-3)42-21-17-40(18-22-42)54-48-29-25-44(58-48)52(38-13-9-36(4)10-14-38)46-27-31-50(60-46)55(41-19-23-43(57)24-20-41)51-32-28-47(61-51)53(45-26-30-49(54)59-45)39-15-11-37(5)12-16-39/h6-32,58,61H,1-3,33-35H2,4-5H3. The smallest absolute Gasteiger partial charge is 0.0737 e. The molecule has 9 rings (SSSR count). The Morgan fingerprint density at radius 2 is 0.738 bits per heavy atom. The third kappa shape index (κ3) is 7.71. The number of nitrogens with one attached hydrogen (secondary N) is 2. The summed E-state index contributed by atoms with van der Waals surface area (Å²) in [6.45, 7) is 16.6. The normalized spacial score (nSPS) is 12.1. The van der Waals surface area contributed by atoms with E-state index in [0.717, 1.165) is 109 Å². The molecular formula is C56H47IN4. The Kier molecular flexibility index (Phi) is 11.0. The Hall–Kier alpha value is -6.57. The first-order valence-electron chi connectivity index (χ1n) is 20.8. The van der Waals surface area contributed by atoms with Crippen molar-refractivity contribution in [2.24, 2.45) is 0 Å². The van der Waals surface area contributed by atoms with Gasteiger partial charge in [-0.3, -0.25) is 0 Å². The lowest BCUT2D eigenvalue weighted by Crippen LogP contribution is -2.24. The average molecular weight is 903 g/mol. The largest absolute Gasteiger partial charge is 0.354 e. The first kappa shape index (κ1) is 39.9. The van der Waals surface area contributed by atoms with Crippen LogP contribution in [0.5, 0.6) is 0 Å². The van der Waals surface area contributed by atoms with Gasteiger partial charge in [0.25, 0.3) is 0 Å². The summed E-state index contributed by atoms with van der Waals surface area (Å²) in [5.74, 6) is 0. The van der Waals surface area contributed by atoms with Crippen LogP contribution in [-0.4, -0.2) is 19.9 Å². The van der Waals surface area contributed by atoms with Gasteiger partial charge in [-0.05, 0) is 144 Å². The molecule has 4 nitrogen and oxygen atoms in total. The van der Waals surface area contributed by atoms with Gasteiger partial charge in [-0.2, -0.15) is 0 Å². The van der Waals surface area contributed by atoms with Gasteiger partial charge in [0.15, 0.2) is 0 Å². The number of allylic oxidation sites excluding steroid dienone is 3. The minimum atomic E-state index is -0.160. The predicted molar refractivity (Wildman–Crippen MR) is 269 cm³/mol. The van der Waals surface area contributed by atoms with Crippen molar-refractivity contribution in [1.82, 2.24) is 19.9 Å². The summed E-state index contributed by atoms with van der Waals surface area (Å²) in [6, 6.07) is 43.8. The molecule has 2 aliphatic heterocycles. The number of benzene rings is 4. The minimum Gasteiger partial charge on any atom is -0.354 e. The van der Waals surface area contributed by atoms with E-state index in [-0.39, 0.29) is 5.41 Å². The summed E-state index contributed by atoms with van der Waals surface area (Å²) in [4.78, 5) is 18.7. The van der Waals surface area contributed by atoms with Gasteiger partial charge in [0.05, 0.1) is 22.8 Å². The van der Waals surface area contributed by atoms with E-state index >= 15 is 0 Å². The number of rotatable bonds is 11. The second-order valence-electron chi connectivity index (χ2n) is 16.1. The van der Waals surface area contributed by atoms with E-state index in [4.69, 9.17) is 9.97 Å². The molecule has 0 amide bonds. The minimum absolute atomic E-state index is 0.160. The number of H-pyrrole nitrogens is 2. The number of halogens is 1. The van der Waals surface area contributed by atoms with Crippen molar-refractivity contribution in [3.05, 3.63) is 202 Å². The number of nitrogens with zero attached hydrogens (tertiary/aromatic N) is 2. The number of hydrogen-bond acceptors (Lipinski definition) is 2. The maximum atomic E-state index is 5.51. The Morgan fingerprint density at radius 1 is 0.443 bits per heavy atom. The predicted octanol–water partition coefficient (Wildman–Crippen LogP) is 15.5. The van der Waals surface area contributed by atoms with E-state index in [0.29, 0.717) is 0 Å². The molecule has 4 aromatic carbocycles. The van der Waals surface area contributed by atoms with E-state index in [2.05, 4.69) is 212 Å². The van der Waals surface area contributed by atoms with Crippen LogP contribution in [0.25, 0.3) is 90.9 Å². The highest BCUT2D eigenvalue weighted by Gasteiger charge is 2.29. The number of aryl methyl sites for hydroxylation is 2. The van der Waals surface area contributed by atoms with Crippen LogP contribution in [0, 0.1) is 17.4 Å². The van der Waals surface area contributed by atoms with E-state index < -0.39 is 0 Å². The molecule has 0 spiro atoms. The second kappa shape index (κ2) is 16.8. The van der Waals surface area contributed by atoms with Crippen molar-refractivity contribution in [1.29, 1.82) is 0 Å². The summed E-state index contributed by atoms with van der Waals surface area (Å²) in [5.41, 5.74) is 19.4. The Labute approximate surface area is 372 Å². The monoisotopic (exact) mass is 902 g/mol. The third-order valence-electron chi connectivity index (χ3n) is 12.0. The molecule has 0 atom stereocenters. The van der Waals surface area contributed by atoms with Crippen LogP contribution >= 0.6 is 22.6 Å². The number of aromatic nitrogens is 4. The molecule has 5 heteroatoms. The number of fused-ring (bicyclic) bond motifs is 8. The molecule has 61 heavy (non-hydrogen) atoms. The van der Waals surface area contributed by atoms with E-state index in [1.54, 1.807) is 0 Å². The quantitative estimate of drug-likeness (QED) is 0.100. The van der Waals surface area contributed by atoms with Crippen molar-refractivity contribution in [2.75, 3.05) is 0 Å². The molecule has 0 fully saturated rings. The fraction of sp³-hybridized carbons (Fsp3) is 0.107. The Balaban J connectivity index is 1.40. The van der Waals surface area contributed by atoms with Crippen LogP contribution in [0.1, 0.15) is 58.7 Å². The maximum absolute atomic E-state index is 5.51. The lowest BCUT2D eigenvalue weighted by atomic mass is 9.72. The highest BCUT2D eigenvalue weighted by atomic mass is 127. The van der Waals surface area contributed by atoms with Crippen LogP contribution in [0.15, 0.2) is 159 Å². The third-order valence-corrected chi connectivity index (χ3v) is 12.7. The molecule has 0 saturated carbocycles. The van der Waals surface area contributed by atoms with Crippen LogP contribution in [-0.2, 0) is 5.41 Å². The van der Waals surface area contributed by atoms with Crippen molar-refractivity contribution in [2.45, 2.75) is 38.5 Å². The fourth-order valence-electron chi connectivity index (χ4n) is 8.90. The highest BCUT2D eigenvalue weighted by Crippen LogP contribution is 2.41. The van der Waals surface area contributed by atoms with Crippen LogP contribution in [0.2, 0.25) is 0 Å². The highest BCUT2D eigenvalue weighted by molar-refractivity contribution is 14.1. The summed E-state index contributed by atoms with van der Waals surface area (Å²) in [7, 11) is 0. The molecule has 0 unspecified atom stereocenters. The molecule has 0 aliphatic carbocycles. The maximum Gasteiger partial charge on any atom is 0.0737 e. The fourth-order valence-corrected chi connectivity index (χ4v) is 9.26. The SMILES string of the molecule is C=CCC(CC=C)(CC=C)c1ccc(-c2c3nc(c(-c4ccc(C)cc4)c4ccc([nH]4)c(-c4ccc(I)cc4)c4nc(c(-c5ccc(C)cc5)c5ccc2[nH]5)C=C4)C=C3)cc1. The average Bonchev–Trinajstić information content (AvgIpc) is 4.12. The van der Waals surface area contributed by atoms with Gasteiger partial charge >= 0.3 is 0 Å². The van der Waals surface area contributed by atoms with Crippen molar-refractivity contribution in [3.8, 4) is 44.5 Å². The molecule has 2 N–H and O–H groups in total. The Morgan fingerprint density at radius 3 is 1.05 bits per heavy atom. The molecule has 2 aliphatic rings. The van der Waals surface area contributed by atoms with Gasteiger partial charge < -0.3 is 9.97 Å². The van der Waals surface area contributed by atoms with Crippen molar-refractivity contribution < 1.29 is 0 Å². The Bertz CT molecular complexity index is 2980. The summed E-state index contributed by atoms with van der Waals surface area (Å²) in [6.07, 6.45) is 17.1. The van der Waals surface area contributed by atoms with Gasteiger partial charge in [0.1, 0.15) is 0 Å². The molecular weight excluding hydrogens is 856 g/mol. The molecule has 0 saturated heterocycles. The van der Waals surface area contributed by atoms with Crippen molar-refractivity contribution in [3.63, 3.8) is 0 Å².